The number of sulfone groups is 1. The quantitative estimate of drug-likeness (QED) is 0.743. The summed E-state index contributed by atoms with van der Waals surface area (Å²) < 4.78 is 51.1. The number of rotatable bonds is 4. The van der Waals surface area contributed by atoms with E-state index in [1.54, 1.807) is 13.0 Å². The van der Waals surface area contributed by atoms with E-state index in [0.717, 1.165) is 0 Å². The van der Waals surface area contributed by atoms with Crippen molar-refractivity contribution in [1.82, 2.24) is 4.72 Å². The third kappa shape index (κ3) is 3.58. The maximum Gasteiger partial charge on any atom is 0.240 e. The maximum absolute atomic E-state index is 12.3. The highest BCUT2D eigenvalue weighted by atomic mass is 79.9. The molecule has 0 aliphatic carbocycles. The minimum absolute atomic E-state index is 0.0681. The van der Waals surface area contributed by atoms with E-state index in [0.29, 0.717) is 28.6 Å². The molecule has 0 radical (unpaired) electrons. The molecule has 0 spiro atoms. The molecule has 0 amide bonds. The van der Waals surface area contributed by atoms with Crippen LogP contribution in [0.1, 0.15) is 18.4 Å². The second-order valence-corrected chi connectivity index (χ2v) is 10.1. The van der Waals surface area contributed by atoms with E-state index in [1.165, 1.54) is 6.07 Å². The second kappa shape index (κ2) is 5.86. The van der Waals surface area contributed by atoms with Crippen LogP contribution in [0.2, 0.25) is 0 Å². The highest BCUT2D eigenvalue weighted by Crippen LogP contribution is 2.27. The average molecular weight is 397 g/mol. The fourth-order valence-corrected chi connectivity index (χ4v) is 6.00. The molecular formula is C12H17BrN2O4S2. The molecule has 0 aromatic heterocycles. The van der Waals surface area contributed by atoms with Gasteiger partial charge in [0.2, 0.25) is 10.0 Å². The summed E-state index contributed by atoms with van der Waals surface area (Å²) >= 11 is 3.24. The van der Waals surface area contributed by atoms with E-state index in [1.807, 2.05) is 0 Å². The minimum atomic E-state index is -3.78. The number of nitrogens with one attached hydrogen (secondary N) is 1. The fourth-order valence-electron chi connectivity index (χ4n) is 2.33. The summed E-state index contributed by atoms with van der Waals surface area (Å²) in [4.78, 5) is 0.0681. The number of anilines is 1. The molecule has 1 aliphatic rings. The predicted octanol–water partition coefficient (Wildman–Crippen LogP) is 1.20. The van der Waals surface area contributed by atoms with Crippen LogP contribution < -0.4 is 10.5 Å². The van der Waals surface area contributed by atoms with Gasteiger partial charge >= 0.3 is 0 Å². The molecule has 6 nitrogen and oxygen atoms in total. The summed E-state index contributed by atoms with van der Waals surface area (Å²) in [5.41, 5.74) is 6.57. The molecule has 3 N–H and O–H groups in total. The van der Waals surface area contributed by atoms with Crippen molar-refractivity contribution in [3.8, 4) is 0 Å². The molecule has 1 heterocycles. The van der Waals surface area contributed by atoms with Crippen molar-refractivity contribution in [2.24, 2.45) is 0 Å². The van der Waals surface area contributed by atoms with Crippen molar-refractivity contribution in [3.05, 3.63) is 22.2 Å². The van der Waals surface area contributed by atoms with E-state index in [-0.39, 0.29) is 17.2 Å². The normalized spacial score (nSPS) is 21.5. The Balaban J connectivity index is 2.22. The molecule has 21 heavy (non-hydrogen) atoms. The van der Waals surface area contributed by atoms with Crippen molar-refractivity contribution in [3.63, 3.8) is 0 Å². The topological polar surface area (TPSA) is 106 Å². The minimum Gasteiger partial charge on any atom is -0.398 e. The van der Waals surface area contributed by atoms with Gasteiger partial charge in [0.15, 0.2) is 9.84 Å². The van der Waals surface area contributed by atoms with Crippen LogP contribution >= 0.6 is 15.9 Å². The van der Waals surface area contributed by atoms with E-state index in [9.17, 15) is 16.8 Å². The average Bonchev–Trinajstić information content (AvgIpc) is 2.70. The molecule has 1 atom stereocenters. The van der Waals surface area contributed by atoms with Crippen LogP contribution in [0.4, 0.5) is 5.69 Å². The van der Waals surface area contributed by atoms with Gasteiger partial charge in [0.25, 0.3) is 0 Å². The monoisotopic (exact) mass is 396 g/mol. The first-order valence-electron chi connectivity index (χ1n) is 6.40. The number of hydrogen-bond donors (Lipinski definition) is 2. The Hall–Kier alpha value is -0.640. The summed E-state index contributed by atoms with van der Waals surface area (Å²) in [6, 6.07) is 2.99. The largest absolute Gasteiger partial charge is 0.398 e. The number of nitrogens with two attached hydrogens (primary N) is 1. The molecule has 1 fully saturated rings. The fraction of sp³-hybridized carbons (Fsp3) is 0.500. The smallest absolute Gasteiger partial charge is 0.240 e. The maximum atomic E-state index is 12.3. The van der Waals surface area contributed by atoms with Crippen LogP contribution in [0.5, 0.6) is 0 Å². The summed E-state index contributed by atoms with van der Waals surface area (Å²) in [6.07, 6.45) is 1.07. The Kier molecular flexibility index (Phi) is 4.67. The van der Waals surface area contributed by atoms with Crippen molar-refractivity contribution in [2.45, 2.75) is 29.9 Å². The first-order chi connectivity index (χ1) is 9.63. The van der Waals surface area contributed by atoms with Crippen LogP contribution in [0.25, 0.3) is 0 Å². The SMILES string of the molecule is Cc1cc(Br)c(N)cc1S(=O)(=O)NCC1CCCS1(=O)=O. The summed E-state index contributed by atoms with van der Waals surface area (Å²) in [5, 5.41) is -0.639. The van der Waals surface area contributed by atoms with E-state index in [4.69, 9.17) is 5.73 Å². The van der Waals surface area contributed by atoms with E-state index in [2.05, 4.69) is 20.7 Å². The van der Waals surface area contributed by atoms with Crippen molar-refractivity contribution >= 4 is 41.5 Å². The molecule has 2 rings (SSSR count). The predicted molar refractivity (Wildman–Crippen MR) is 85.3 cm³/mol. The second-order valence-electron chi connectivity index (χ2n) is 5.12. The van der Waals surface area contributed by atoms with Crippen LogP contribution in [-0.2, 0) is 19.9 Å². The molecule has 9 heteroatoms. The molecule has 0 saturated carbocycles. The first kappa shape index (κ1) is 16.7. The third-order valence-corrected chi connectivity index (χ3v) is 8.08. The van der Waals surface area contributed by atoms with Crippen LogP contribution in [-0.4, -0.2) is 34.4 Å². The summed E-state index contributed by atoms with van der Waals surface area (Å²) in [5.74, 6) is 0.129. The molecular weight excluding hydrogens is 380 g/mol. The van der Waals surface area contributed by atoms with Gasteiger partial charge in [0, 0.05) is 16.7 Å². The lowest BCUT2D eigenvalue weighted by molar-refractivity contribution is 0.570. The summed E-state index contributed by atoms with van der Waals surface area (Å²) in [7, 11) is -6.96. The van der Waals surface area contributed by atoms with Crippen molar-refractivity contribution in [1.29, 1.82) is 0 Å². The zero-order valence-corrected chi connectivity index (χ0v) is 14.7. The lowest BCUT2D eigenvalue weighted by Crippen LogP contribution is -2.34. The molecule has 0 bridgehead atoms. The Morgan fingerprint density at radius 2 is 2.10 bits per heavy atom. The summed E-state index contributed by atoms with van der Waals surface area (Å²) in [6.45, 7) is 1.56. The van der Waals surface area contributed by atoms with Gasteiger partial charge in [-0.3, -0.25) is 0 Å². The molecule has 1 saturated heterocycles. The number of nitrogen functional groups attached to an aromatic ring is 1. The van der Waals surface area contributed by atoms with E-state index >= 15 is 0 Å². The molecule has 1 aromatic carbocycles. The number of aryl methyl sites for hydroxylation is 1. The van der Waals surface area contributed by atoms with Gasteiger partial charge in [-0.15, -0.1) is 0 Å². The lowest BCUT2D eigenvalue weighted by Gasteiger charge is -2.13. The van der Waals surface area contributed by atoms with Gasteiger partial charge in [-0.25, -0.2) is 21.6 Å². The molecule has 1 aromatic rings. The Morgan fingerprint density at radius 1 is 1.43 bits per heavy atom. The first-order valence-corrected chi connectivity index (χ1v) is 10.4. The number of halogens is 1. The molecule has 118 valence electrons. The number of hydrogen-bond acceptors (Lipinski definition) is 5. The van der Waals surface area contributed by atoms with Gasteiger partial charge in [0.1, 0.15) is 0 Å². The van der Waals surface area contributed by atoms with Crippen LogP contribution in [0.15, 0.2) is 21.5 Å². The Morgan fingerprint density at radius 3 is 2.67 bits per heavy atom. The molecule has 1 aliphatic heterocycles. The lowest BCUT2D eigenvalue weighted by atomic mass is 10.2. The van der Waals surface area contributed by atoms with Gasteiger partial charge in [-0.1, -0.05) is 0 Å². The van der Waals surface area contributed by atoms with Crippen LogP contribution in [0.3, 0.4) is 0 Å². The zero-order chi connectivity index (χ0) is 15.8. The van der Waals surface area contributed by atoms with Crippen LogP contribution in [0, 0.1) is 6.92 Å². The highest BCUT2D eigenvalue weighted by molar-refractivity contribution is 9.10. The third-order valence-electron chi connectivity index (χ3n) is 3.55. The molecule has 1 unspecified atom stereocenters. The Bertz CT molecular complexity index is 760. The van der Waals surface area contributed by atoms with Gasteiger partial charge in [-0.05, 0) is 53.4 Å². The van der Waals surface area contributed by atoms with Gasteiger partial charge in [-0.2, -0.15) is 0 Å². The Labute approximate surface area is 133 Å². The highest BCUT2D eigenvalue weighted by Gasteiger charge is 2.32. The zero-order valence-electron chi connectivity index (χ0n) is 11.5. The van der Waals surface area contributed by atoms with Gasteiger partial charge in [0.05, 0.1) is 15.9 Å². The van der Waals surface area contributed by atoms with Gasteiger partial charge < -0.3 is 5.73 Å². The standard InChI is InChI=1S/C12H17BrN2O4S2/c1-8-5-10(13)11(14)6-12(8)21(18,19)15-7-9-3-2-4-20(9,16)17/h5-6,9,15H,2-4,7,14H2,1H3. The van der Waals surface area contributed by atoms with Crippen molar-refractivity contribution in [2.75, 3.05) is 18.0 Å². The number of sulfonamides is 1. The van der Waals surface area contributed by atoms with E-state index < -0.39 is 25.1 Å². The van der Waals surface area contributed by atoms with Crippen molar-refractivity contribution < 1.29 is 16.8 Å². The number of benzene rings is 1.